The molecule has 0 bridgehead atoms. The molecule has 0 aliphatic heterocycles. The normalized spacial score (nSPS) is 12.0. The fourth-order valence-corrected chi connectivity index (χ4v) is 3.28. The molecule has 1 aromatic carbocycles. The molecule has 0 aromatic heterocycles. The second-order valence-corrected chi connectivity index (χ2v) is 5.50. The first-order valence-electron chi connectivity index (χ1n) is 5.28. The Morgan fingerprint density at radius 1 is 0.737 bits per heavy atom. The molecule has 1 rings (SSSR count). The minimum Gasteiger partial charge on any atom is -0.367 e. The molecule has 0 N–H and O–H groups in total. The fourth-order valence-electron chi connectivity index (χ4n) is 1.42. The molecule has 0 heterocycles. The molecular weight excluding hydrogens is 294 g/mol. The van der Waals surface area contributed by atoms with Gasteiger partial charge in [0.15, 0.2) is 23.3 Å². The van der Waals surface area contributed by atoms with Gasteiger partial charge >= 0.3 is 8.89 Å². The summed E-state index contributed by atoms with van der Waals surface area (Å²) in [5.74, 6) is -11.4. The molecule has 1 aromatic rings. The second kappa shape index (κ2) is 5.93. The predicted octanol–water partition coefficient (Wildman–Crippen LogP) is 2.57. The average molecular weight is 304 g/mol. The summed E-state index contributed by atoms with van der Waals surface area (Å²) in [5.41, 5.74) is 0. The molecule has 0 amide bonds. The van der Waals surface area contributed by atoms with E-state index in [0.29, 0.717) is 0 Å². The lowest BCUT2D eigenvalue weighted by Gasteiger charge is -2.22. The largest absolute Gasteiger partial charge is 0.581 e. The molecule has 0 radical (unpaired) electrons. The van der Waals surface area contributed by atoms with Crippen LogP contribution in [0.4, 0.5) is 26.1 Å². The monoisotopic (exact) mass is 304 g/mol. The standard InChI is InChI=1S/C10H10F6O2Si/c1-3-17-19(16,18-4-2)10-8(14)6(12)5(11)7(13)9(10)15/h3-4H2,1-2H3. The van der Waals surface area contributed by atoms with Gasteiger partial charge in [-0.15, -0.1) is 0 Å². The Morgan fingerprint density at radius 3 is 1.37 bits per heavy atom. The lowest BCUT2D eigenvalue weighted by atomic mass is 10.3. The zero-order valence-corrected chi connectivity index (χ0v) is 11.0. The summed E-state index contributed by atoms with van der Waals surface area (Å²) in [7, 11) is -5.20. The SMILES string of the molecule is CCO[Si](F)(OCC)c1c(F)c(F)c(F)c(F)c1F. The smallest absolute Gasteiger partial charge is 0.367 e. The molecule has 0 aliphatic rings. The van der Waals surface area contributed by atoms with E-state index >= 15 is 0 Å². The molecule has 0 aliphatic carbocycles. The Balaban J connectivity index is 3.55. The van der Waals surface area contributed by atoms with Gasteiger partial charge in [-0.2, -0.15) is 0 Å². The second-order valence-electron chi connectivity index (χ2n) is 3.35. The molecule has 0 unspecified atom stereocenters. The van der Waals surface area contributed by atoms with Crippen LogP contribution in [0.1, 0.15) is 13.8 Å². The van der Waals surface area contributed by atoms with Crippen LogP contribution in [0.15, 0.2) is 0 Å². The van der Waals surface area contributed by atoms with Gasteiger partial charge in [0.05, 0.1) is 0 Å². The van der Waals surface area contributed by atoms with E-state index in [1.54, 1.807) is 0 Å². The Bertz CT molecular complexity index is 447. The van der Waals surface area contributed by atoms with Crippen molar-refractivity contribution in [2.45, 2.75) is 13.8 Å². The highest BCUT2D eigenvalue weighted by Gasteiger charge is 2.50. The van der Waals surface area contributed by atoms with Gasteiger partial charge < -0.3 is 8.85 Å². The third-order valence-electron chi connectivity index (χ3n) is 2.17. The highest BCUT2D eigenvalue weighted by molar-refractivity contribution is 6.75. The molecule has 108 valence electrons. The van der Waals surface area contributed by atoms with Crippen LogP contribution in [0.25, 0.3) is 0 Å². The summed E-state index contributed by atoms with van der Waals surface area (Å²) in [6, 6.07) is 0. The predicted molar refractivity (Wildman–Crippen MR) is 56.0 cm³/mol. The molecular formula is C10H10F6O2Si. The van der Waals surface area contributed by atoms with Gasteiger partial charge in [-0.3, -0.25) is 0 Å². The molecule has 0 saturated heterocycles. The third kappa shape index (κ3) is 2.77. The summed E-state index contributed by atoms with van der Waals surface area (Å²) < 4.78 is 89.0. The number of halogens is 6. The quantitative estimate of drug-likeness (QED) is 0.274. The highest BCUT2D eigenvalue weighted by atomic mass is 28.4. The fraction of sp³-hybridized carbons (Fsp3) is 0.400. The number of rotatable bonds is 5. The van der Waals surface area contributed by atoms with Crippen LogP contribution < -0.4 is 5.19 Å². The van der Waals surface area contributed by atoms with Gasteiger partial charge in [-0.25, -0.2) is 26.1 Å². The zero-order chi connectivity index (χ0) is 14.8. The van der Waals surface area contributed by atoms with E-state index < -0.39 is 43.2 Å². The van der Waals surface area contributed by atoms with Gasteiger partial charge in [0.1, 0.15) is 5.19 Å². The minimum absolute atomic E-state index is 0.345. The van der Waals surface area contributed by atoms with E-state index in [-0.39, 0.29) is 13.2 Å². The lowest BCUT2D eigenvalue weighted by molar-refractivity contribution is 0.154. The number of benzene rings is 1. The van der Waals surface area contributed by atoms with Crippen molar-refractivity contribution in [3.8, 4) is 0 Å². The molecule has 9 heteroatoms. The van der Waals surface area contributed by atoms with Crippen LogP contribution in [-0.4, -0.2) is 22.1 Å². The minimum atomic E-state index is -5.20. The Morgan fingerprint density at radius 2 is 1.05 bits per heavy atom. The first kappa shape index (κ1) is 16.0. The Labute approximate surface area is 106 Å². The van der Waals surface area contributed by atoms with Crippen LogP contribution >= 0.6 is 0 Å². The van der Waals surface area contributed by atoms with Crippen LogP contribution in [0.2, 0.25) is 0 Å². The van der Waals surface area contributed by atoms with Crippen molar-refractivity contribution in [2.24, 2.45) is 0 Å². The third-order valence-corrected chi connectivity index (χ3v) is 4.52. The molecule has 0 spiro atoms. The summed E-state index contributed by atoms with van der Waals surface area (Å²) in [4.78, 5) is 0. The molecule has 19 heavy (non-hydrogen) atoms. The summed E-state index contributed by atoms with van der Waals surface area (Å²) in [6.45, 7) is 1.91. The van der Waals surface area contributed by atoms with Crippen LogP contribution in [-0.2, 0) is 8.85 Å². The van der Waals surface area contributed by atoms with Gasteiger partial charge in [0, 0.05) is 13.2 Å². The first-order valence-corrected chi connectivity index (χ1v) is 6.98. The van der Waals surface area contributed by atoms with E-state index in [2.05, 4.69) is 8.85 Å². The van der Waals surface area contributed by atoms with E-state index in [1.807, 2.05) is 0 Å². The van der Waals surface area contributed by atoms with E-state index in [1.165, 1.54) is 13.8 Å². The van der Waals surface area contributed by atoms with Crippen molar-refractivity contribution in [1.82, 2.24) is 0 Å². The van der Waals surface area contributed by atoms with Crippen LogP contribution in [0, 0.1) is 29.1 Å². The molecule has 2 nitrogen and oxygen atoms in total. The Hall–Kier alpha value is -1.06. The summed E-state index contributed by atoms with van der Waals surface area (Å²) >= 11 is 0. The van der Waals surface area contributed by atoms with Crippen molar-refractivity contribution < 1.29 is 34.9 Å². The topological polar surface area (TPSA) is 18.5 Å². The van der Waals surface area contributed by atoms with Crippen molar-refractivity contribution in [3.63, 3.8) is 0 Å². The number of hydrogen-bond donors (Lipinski definition) is 0. The van der Waals surface area contributed by atoms with Crippen molar-refractivity contribution >= 4 is 14.1 Å². The lowest BCUT2D eigenvalue weighted by Crippen LogP contribution is -2.54. The molecule has 0 saturated carbocycles. The maximum Gasteiger partial charge on any atom is 0.581 e. The maximum absolute atomic E-state index is 14.3. The van der Waals surface area contributed by atoms with E-state index in [9.17, 15) is 26.1 Å². The molecule has 0 atom stereocenters. The zero-order valence-electron chi connectivity index (χ0n) is 10.00. The van der Waals surface area contributed by atoms with Crippen molar-refractivity contribution in [2.75, 3.05) is 13.2 Å². The Kier molecular flexibility index (Phi) is 4.99. The van der Waals surface area contributed by atoms with Gasteiger partial charge in [-0.05, 0) is 13.8 Å². The van der Waals surface area contributed by atoms with Gasteiger partial charge in [-0.1, -0.05) is 0 Å². The summed E-state index contributed by atoms with van der Waals surface area (Å²) in [6.07, 6.45) is 0. The van der Waals surface area contributed by atoms with Crippen LogP contribution in [0.5, 0.6) is 0 Å². The average Bonchev–Trinajstić information content (AvgIpc) is 2.34. The van der Waals surface area contributed by atoms with Crippen molar-refractivity contribution in [3.05, 3.63) is 29.1 Å². The number of hydrogen-bond acceptors (Lipinski definition) is 2. The van der Waals surface area contributed by atoms with Gasteiger partial charge in [0.2, 0.25) is 5.82 Å². The van der Waals surface area contributed by atoms with Crippen LogP contribution in [0.3, 0.4) is 0 Å². The van der Waals surface area contributed by atoms with E-state index in [0.717, 1.165) is 0 Å². The van der Waals surface area contributed by atoms with E-state index in [4.69, 9.17) is 0 Å². The molecule has 0 fully saturated rings. The maximum atomic E-state index is 14.3. The van der Waals surface area contributed by atoms with Crippen molar-refractivity contribution in [1.29, 1.82) is 0 Å². The highest BCUT2D eigenvalue weighted by Crippen LogP contribution is 2.21. The van der Waals surface area contributed by atoms with Gasteiger partial charge in [0.25, 0.3) is 0 Å². The first-order chi connectivity index (χ1) is 8.80. The summed E-state index contributed by atoms with van der Waals surface area (Å²) in [5, 5.41) is -1.66.